The molecule has 0 atom stereocenters. The third-order valence-corrected chi connectivity index (χ3v) is 4.50. The number of sulfone groups is 1. The van der Waals surface area contributed by atoms with Crippen molar-refractivity contribution in [1.82, 2.24) is 19.8 Å². The Morgan fingerprint density at radius 3 is 2.46 bits per heavy atom. The van der Waals surface area contributed by atoms with Crippen LogP contribution in [0.5, 0.6) is 0 Å². The van der Waals surface area contributed by atoms with Crippen LogP contribution in [-0.4, -0.2) is 48.0 Å². The summed E-state index contributed by atoms with van der Waals surface area (Å²) in [6.07, 6.45) is -2.85. The van der Waals surface area contributed by atoms with Crippen LogP contribution in [0, 0.1) is 11.3 Å². The van der Waals surface area contributed by atoms with Gasteiger partial charge in [-0.25, -0.2) is 18.4 Å². The summed E-state index contributed by atoms with van der Waals surface area (Å²) in [5.41, 5.74) is 0.620. The number of aromatic nitrogens is 3. The molecular formula is C14H15F3N6O2S. The SMILES string of the molecule is CCN(C)Nc1c(C#N)c(C(F)(F)F)nn1-c1ccc(S(C)(=O)=O)cn1. The molecule has 2 aromatic rings. The van der Waals surface area contributed by atoms with Gasteiger partial charge in [-0.15, -0.1) is 0 Å². The normalized spacial score (nSPS) is 12.2. The van der Waals surface area contributed by atoms with Crippen LogP contribution in [0.2, 0.25) is 0 Å². The molecule has 0 saturated carbocycles. The number of nitriles is 1. The summed E-state index contributed by atoms with van der Waals surface area (Å²) in [4.78, 5) is 3.77. The smallest absolute Gasteiger partial charge is 0.302 e. The van der Waals surface area contributed by atoms with Crippen molar-refractivity contribution < 1.29 is 21.6 Å². The van der Waals surface area contributed by atoms with Crippen molar-refractivity contribution in [2.45, 2.75) is 18.0 Å². The van der Waals surface area contributed by atoms with Gasteiger partial charge in [0.1, 0.15) is 11.6 Å². The molecule has 140 valence electrons. The van der Waals surface area contributed by atoms with Crippen molar-refractivity contribution in [2.24, 2.45) is 0 Å². The van der Waals surface area contributed by atoms with Gasteiger partial charge in [-0.2, -0.15) is 28.2 Å². The topological polar surface area (TPSA) is 104 Å². The standard InChI is InChI=1S/C14H15F3N6O2S/c1-4-22(2)21-13-10(7-18)12(14(15,16)17)20-23(13)11-6-5-9(8-19-11)26(3,24)25/h5-6,8,21H,4H2,1-3H3. The Morgan fingerprint density at radius 1 is 1.38 bits per heavy atom. The van der Waals surface area contributed by atoms with E-state index in [0.29, 0.717) is 6.54 Å². The minimum Gasteiger partial charge on any atom is -0.302 e. The summed E-state index contributed by atoms with van der Waals surface area (Å²) in [6.45, 7) is 2.18. The number of anilines is 1. The first-order valence-electron chi connectivity index (χ1n) is 7.23. The summed E-state index contributed by atoms with van der Waals surface area (Å²) in [5, 5.41) is 14.1. The summed E-state index contributed by atoms with van der Waals surface area (Å²) in [6, 6.07) is 3.92. The van der Waals surface area contributed by atoms with Crippen molar-refractivity contribution in [1.29, 1.82) is 5.26 Å². The van der Waals surface area contributed by atoms with Crippen molar-refractivity contribution in [3.63, 3.8) is 0 Å². The summed E-state index contributed by atoms with van der Waals surface area (Å²) in [5.74, 6) is -0.291. The van der Waals surface area contributed by atoms with E-state index in [-0.39, 0.29) is 16.5 Å². The molecule has 1 N–H and O–H groups in total. The second-order valence-electron chi connectivity index (χ2n) is 5.34. The Kier molecular flexibility index (Phi) is 5.24. The molecule has 0 radical (unpaired) electrons. The predicted molar refractivity (Wildman–Crippen MR) is 86.1 cm³/mol. The Bertz CT molecular complexity index is 945. The summed E-state index contributed by atoms with van der Waals surface area (Å²) < 4.78 is 63.5. The highest BCUT2D eigenvalue weighted by molar-refractivity contribution is 7.90. The molecule has 12 heteroatoms. The van der Waals surface area contributed by atoms with Crippen LogP contribution in [0.25, 0.3) is 5.82 Å². The van der Waals surface area contributed by atoms with E-state index >= 15 is 0 Å². The molecule has 0 aromatic carbocycles. The number of rotatable bonds is 5. The third-order valence-electron chi connectivity index (χ3n) is 3.40. The molecule has 0 unspecified atom stereocenters. The van der Waals surface area contributed by atoms with Gasteiger partial charge < -0.3 is 5.43 Å². The predicted octanol–water partition coefficient (Wildman–Crippen LogP) is 1.84. The zero-order valence-corrected chi connectivity index (χ0v) is 14.9. The van der Waals surface area contributed by atoms with E-state index in [0.717, 1.165) is 17.1 Å². The molecule has 0 saturated heterocycles. The zero-order valence-electron chi connectivity index (χ0n) is 14.0. The molecular weight excluding hydrogens is 373 g/mol. The average Bonchev–Trinajstić information content (AvgIpc) is 2.92. The second kappa shape index (κ2) is 6.93. The largest absolute Gasteiger partial charge is 0.436 e. The van der Waals surface area contributed by atoms with Crippen molar-refractivity contribution in [2.75, 3.05) is 25.3 Å². The fraction of sp³-hybridized carbons (Fsp3) is 0.357. The van der Waals surface area contributed by atoms with Crippen LogP contribution < -0.4 is 5.43 Å². The molecule has 0 fully saturated rings. The van der Waals surface area contributed by atoms with Crippen molar-refractivity contribution >= 4 is 15.7 Å². The zero-order chi connectivity index (χ0) is 19.7. The Hall–Kier alpha value is -2.65. The van der Waals surface area contributed by atoms with Crippen LogP contribution in [0.15, 0.2) is 23.2 Å². The number of halogens is 3. The molecule has 0 aliphatic heterocycles. The van der Waals surface area contributed by atoms with Crippen molar-refractivity contribution in [3.8, 4) is 11.9 Å². The second-order valence-corrected chi connectivity index (χ2v) is 7.36. The summed E-state index contributed by atoms with van der Waals surface area (Å²) in [7, 11) is -1.94. The van der Waals surface area contributed by atoms with Gasteiger partial charge in [0.25, 0.3) is 0 Å². The van der Waals surface area contributed by atoms with Gasteiger partial charge in [0, 0.05) is 26.0 Å². The molecule has 8 nitrogen and oxygen atoms in total. The van der Waals surface area contributed by atoms with Gasteiger partial charge >= 0.3 is 6.18 Å². The highest BCUT2D eigenvalue weighted by Crippen LogP contribution is 2.35. The Labute approximate surface area is 147 Å². The van der Waals surface area contributed by atoms with Gasteiger partial charge in [-0.1, -0.05) is 6.92 Å². The monoisotopic (exact) mass is 388 g/mol. The maximum Gasteiger partial charge on any atom is 0.436 e. The lowest BCUT2D eigenvalue weighted by Crippen LogP contribution is -2.26. The number of hydrogen-bond acceptors (Lipinski definition) is 7. The van der Waals surface area contributed by atoms with Gasteiger partial charge in [0.05, 0.1) is 4.90 Å². The number of hydrazine groups is 1. The lowest BCUT2D eigenvalue weighted by atomic mass is 10.2. The number of nitrogens with zero attached hydrogens (tertiary/aromatic N) is 5. The quantitative estimate of drug-likeness (QED) is 0.780. The molecule has 0 spiro atoms. The molecule has 26 heavy (non-hydrogen) atoms. The van der Waals surface area contributed by atoms with Crippen LogP contribution in [0.4, 0.5) is 19.0 Å². The van der Waals surface area contributed by atoms with Crippen LogP contribution in [0.3, 0.4) is 0 Å². The minimum absolute atomic E-state index is 0.0728. The molecule has 2 rings (SSSR count). The summed E-state index contributed by atoms with van der Waals surface area (Å²) >= 11 is 0. The average molecular weight is 388 g/mol. The number of hydrogen-bond donors (Lipinski definition) is 1. The molecule has 0 aliphatic carbocycles. The molecule has 0 aliphatic rings. The van der Waals surface area contributed by atoms with Gasteiger partial charge in [0.15, 0.2) is 27.2 Å². The minimum atomic E-state index is -4.84. The van der Waals surface area contributed by atoms with Gasteiger partial charge in [0.2, 0.25) is 0 Å². The lowest BCUT2D eigenvalue weighted by Gasteiger charge is -2.18. The van der Waals surface area contributed by atoms with Gasteiger partial charge in [-0.3, -0.25) is 0 Å². The lowest BCUT2D eigenvalue weighted by molar-refractivity contribution is -0.141. The van der Waals surface area contributed by atoms with Crippen LogP contribution in [-0.2, 0) is 16.0 Å². The fourth-order valence-electron chi connectivity index (χ4n) is 1.97. The maximum atomic E-state index is 13.2. The van der Waals surface area contributed by atoms with E-state index < -0.39 is 27.3 Å². The van der Waals surface area contributed by atoms with Crippen LogP contribution >= 0.6 is 0 Å². The van der Waals surface area contributed by atoms with Crippen LogP contribution in [0.1, 0.15) is 18.2 Å². The molecule has 0 bridgehead atoms. The number of alkyl halides is 3. The fourth-order valence-corrected chi connectivity index (χ4v) is 2.53. The number of pyridine rings is 1. The molecule has 2 aromatic heterocycles. The van der Waals surface area contributed by atoms with E-state index in [4.69, 9.17) is 0 Å². The first kappa shape index (κ1) is 19.7. The number of nitrogens with one attached hydrogen (secondary N) is 1. The van der Waals surface area contributed by atoms with E-state index in [1.54, 1.807) is 14.0 Å². The van der Waals surface area contributed by atoms with Crippen molar-refractivity contribution in [3.05, 3.63) is 29.6 Å². The van der Waals surface area contributed by atoms with E-state index in [2.05, 4.69) is 15.5 Å². The molecule has 0 amide bonds. The maximum absolute atomic E-state index is 13.2. The van der Waals surface area contributed by atoms with Gasteiger partial charge in [-0.05, 0) is 12.1 Å². The van der Waals surface area contributed by atoms with E-state index in [1.807, 2.05) is 0 Å². The highest BCUT2D eigenvalue weighted by atomic mass is 32.2. The first-order valence-corrected chi connectivity index (χ1v) is 9.12. The Balaban J connectivity index is 2.67. The third kappa shape index (κ3) is 3.94. The highest BCUT2D eigenvalue weighted by Gasteiger charge is 2.40. The van der Waals surface area contributed by atoms with E-state index in [9.17, 15) is 26.9 Å². The molecule has 2 heterocycles. The Morgan fingerprint density at radius 2 is 2.04 bits per heavy atom. The first-order chi connectivity index (χ1) is 12.0. The van der Waals surface area contributed by atoms with E-state index in [1.165, 1.54) is 23.2 Å².